The number of amides is 1. The van der Waals surface area contributed by atoms with Crippen LogP contribution in [0.1, 0.15) is 24.2 Å². The molecule has 1 aromatic carbocycles. The first-order chi connectivity index (χ1) is 15.7. The lowest BCUT2D eigenvalue weighted by Gasteiger charge is -2.33. The number of nitrogens with zero attached hydrogens (tertiary/aromatic N) is 3. The highest BCUT2D eigenvalue weighted by Crippen LogP contribution is 2.45. The quantitative estimate of drug-likeness (QED) is 0.615. The second-order valence-electron chi connectivity index (χ2n) is 8.40. The molecular formula is C23H28N6O3. The number of carbonyl (C=O) groups is 1. The Labute approximate surface area is 187 Å². The second kappa shape index (κ2) is 8.76. The molecule has 4 heterocycles. The van der Waals surface area contributed by atoms with Gasteiger partial charge in [-0.2, -0.15) is 0 Å². The molecule has 0 unspecified atom stereocenters. The summed E-state index contributed by atoms with van der Waals surface area (Å²) < 4.78 is 12.0. The van der Waals surface area contributed by atoms with Crippen molar-refractivity contribution in [2.75, 3.05) is 49.6 Å². The minimum Gasteiger partial charge on any atom is -0.486 e. The minimum absolute atomic E-state index is 0.154. The van der Waals surface area contributed by atoms with E-state index in [2.05, 4.69) is 37.6 Å². The molecule has 0 bridgehead atoms. The number of hydrogen-bond donors (Lipinski definition) is 3. The Bertz CT molecular complexity index is 1010. The molecule has 9 nitrogen and oxygen atoms in total. The third-order valence-electron chi connectivity index (χ3n) is 6.35. The van der Waals surface area contributed by atoms with Crippen molar-refractivity contribution in [3.8, 4) is 5.75 Å². The van der Waals surface area contributed by atoms with Crippen LogP contribution in [0.25, 0.3) is 5.57 Å². The summed E-state index contributed by atoms with van der Waals surface area (Å²) in [6, 6.07) is 5.82. The molecule has 5 rings (SSSR count). The van der Waals surface area contributed by atoms with Gasteiger partial charge in [0, 0.05) is 49.7 Å². The lowest BCUT2D eigenvalue weighted by atomic mass is 9.88. The van der Waals surface area contributed by atoms with Gasteiger partial charge in [0.1, 0.15) is 11.4 Å². The molecule has 2 aromatic rings. The van der Waals surface area contributed by atoms with Crippen molar-refractivity contribution in [3.63, 3.8) is 0 Å². The fourth-order valence-corrected chi connectivity index (χ4v) is 4.67. The van der Waals surface area contributed by atoms with Crippen molar-refractivity contribution in [3.05, 3.63) is 48.2 Å². The molecule has 0 radical (unpaired) electrons. The maximum Gasteiger partial charge on any atom is 0.261 e. The standard InChI is InChI=1S/C23H28N6O3/c24-15-17(21-26-4-1-5-27-21)22(30)28-18-12-16-14-23(2-6-25-7-3-23)32-20(16)13-19(18)29-8-10-31-11-9-29/h1,4-5,12-13,15,25H,2-3,6-11,14,24H2,(H,28,30)/b17-15+. The van der Waals surface area contributed by atoms with Gasteiger partial charge in [-0.3, -0.25) is 4.79 Å². The number of ether oxygens (including phenoxy) is 2. The summed E-state index contributed by atoms with van der Waals surface area (Å²) in [5.41, 5.74) is 8.62. The van der Waals surface area contributed by atoms with Gasteiger partial charge in [-0.15, -0.1) is 0 Å². The summed E-state index contributed by atoms with van der Waals surface area (Å²) >= 11 is 0. The molecule has 0 atom stereocenters. The Morgan fingerprint density at radius 2 is 1.94 bits per heavy atom. The van der Waals surface area contributed by atoms with Gasteiger partial charge in [0.05, 0.1) is 30.2 Å². The maximum absolute atomic E-state index is 13.2. The van der Waals surface area contributed by atoms with Gasteiger partial charge in [-0.25, -0.2) is 9.97 Å². The van der Waals surface area contributed by atoms with Gasteiger partial charge in [0.15, 0.2) is 5.82 Å². The van der Waals surface area contributed by atoms with Gasteiger partial charge < -0.3 is 30.7 Å². The first-order valence-corrected chi connectivity index (χ1v) is 11.1. The van der Waals surface area contributed by atoms with E-state index in [4.69, 9.17) is 15.2 Å². The summed E-state index contributed by atoms with van der Waals surface area (Å²) in [6.07, 6.45) is 7.22. The predicted octanol–water partition coefficient (Wildman–Crippen LogP) is 1.31. The van der Waals surface area contributed by atoms with E-state index in [1.807, 2.05) is 0 Å². The van der Waals surface area contributed by atoms with E-state index in [0.29, 0.717) is 19.0 Å². The first kappa shape index (κ1) is 20.7. The molecule has 2 fully saturated rings. The van der Waals surface area contributed by atoms with Crippen molar-refractivity contribution in [1.82, 2.24) is 15.3 Å². The van der Waals surface area contributed by atoms with Crippen molar-refractivity contribution in [2.45, 2.75) is 24.9 Å². The summed E-state index contributed by atoms with van der Waals surface area (Å²) in [4.78, 5) is 23.7. The van der Waals surface area contributed by atoms with Crippen LogP contribution in [0.4, 0.5) is 11.4 Å². The molecule has 0 saturated carbocycles. The second-order valence-corrected chi connectivity index (χ2v) is 8.40. The van der Waals surface area contributed by atoms with Crippen molar-refractivity contribution in [2.24, 2.45) is 5.73 Å². The van der Waals surface area contributed by atoms with Crippen LogP contribution in [0, 0.1) is 0 Å². The van der Waals surface area contributed by atoms with E-state index in [1.165, 1.54) is 6.20 Å². The lowest BCUT2D eigenvalue weighted by Crippen LogP contribution is -2.45. The molecule has 4 N–H and O–H groups in total. The number of benzene rings is 1. The van der Waals surface area contributed by atoms with E-state index in [9.17, 15) is 4.79 Å². The molecule has 1 spiro atoms. The zero-order chi connectivity index (χ0) is 22.0. The average Bonchev–Trinajstić information content (AvgIpc) is 3.16. The van der Waals surface area contributed by atoms with Crippen LogP contribution in [0.2, 0.25) is 0 Å². The van der Waals surface area contributed by atoms with E-state index in [1.54, 1.807) is 18.5 Å². The zero-order valence-electron chi connectivity index (χ0n) is 18.0. The predicted molar refractivity (Wildman–Crippen MR) is 121 cm³/mol. The Morgan fingerprint density at radius 1 is 1.19 bits per heavy atom. The number of piperidine rings is 1. The summed E-state index contributed by atoms with van der Waals surface area (Å²) in [7, 11) is 0. The first-order valence-electron chi connectivity index (χ1n) is 11.1. The largest absolute Gasteiger partial charge is 0.486 e. The van der Waals surface area contributed by atoms with Gasteiger partial charge in [0.25, 0.3) is 5.91 Å². The maximum atomic E-state index is 13.2. The topological polar surface area (TPSA) is 115 Å². The molecule has 168 valence electrons. The van der Waals surface area contributed by atoms with Crippen LogP contribution in [0.5, 0.6) is 5.75 Å². The molecule has 9 heteroatoms. The third-order valence-corrected chi connectivity index (χ3v) is 6.35. The minimum atomic E-state index is -0.344. The summed E-state index contributed by atoms with van der Waals surface area (Å²) in [6.45, 7) is 4.70. The van der Waals surface area contributed by atoms with Crippen LogP contribution in [0.15, 0.2) is 36.8 Å². The Hall–Kier alpha value is -3.17. The van der Waals surface area contributed by atoms with E-state index >= 15 is 0 Å². The van der Waals surface area contributed by atoms with E-state index < -0.39 is 0 Å². The monoisotopic (exact) mass is 436 g/mol. The number of hydrogen-bond acceptors (Lipinski definition) is 8. The molecule has 2 saturated heterocycles. The molecule has 32 heavy (non-hydrogen) atoms. The Kier molecular flexibility index (Phi) is 5.67. The SMILES string of the molecule is N/C=C(/C(=O)Nc1cc2c(cc1N1CCOCC1)OC1(CCNCC1)C2)c1ncccn1. The van der Waals surface area contributed by atoms with E-state index in [0.717, 1.165) is 68.1 Å². The number of fused-ring (bicyclic) bond motifs is 1. The number of rotatable bonds is 4. The summed E-state index contributed by atoms with van der Waals surface area (Å²) in [5.74, 6) is 0.856. The fraction of sp³-hybridized carbons (Fsp3) is 0.435. The van der Waals surface area contributed by atoms with Gasteiger partial charge in [-0.05, 0) is 38.1 Å². The highest BCUT2D eigenvalue weighted by atomic mass is 16.5. The van der Waals surface area contributed by atoms with E-state index in [-0.39, 0.29) is 17.1 Å². The number of aromatic nitrogens is 2. The molecule has 3 aliphatic heterocycles. The molecule has 1 amide bonds. The van der Waals surface area contributed by atoms with Gasteiger partial charge >= 0.3 is 0 Å². The number of carbonyl (C=O) groups excluding carboxylic acids is 1. The average molecular weight is 437 g/mol. The van der Waals surface area contributed by atoms with Crippen molar-refractivity contribution in [1.29, 1.82) is 0 Å². The molecule has 3 aliphatic rings. The third kappa shape index (κ3) is 4.01. The Morgan fingerprint density at radius 3 is 2.66 bits per heavy atom. The normalized spacial score (nSPS) is 20.0. The molecular weight excluding hydrogens is 408 g/mol. The fourth-order valence-electron chi connectivity index (χ4n) is 4.67. The summed E-state index contributed by atoms with van der Waals surface area (Å²) in [5, 5.41) is 6.47. The van der Waals surface area contributed by atoms with Gasteiger partial charge in [-0.1, -0.05) is 0 Å². The van der Waals surface area contributed by atoms with Crippen LogP contribution >= 0.6 is 0 Å². The smallest absolute Gasteiger partial charge is 0.261 e. The van der Waals surface area contributed by atoms with Crippen LogP contribution in [-0.2, 0) is 16.0 Å². The molecule has 0 aliphatic carbocycles. The number of morpholine rings is 1. The van der Waals surface area contributed by atoms with Gasteiger partial charge in [0.2, 0.25) is 0 Å². The van der Waals surface area contributed by atoms with Crippen molar-refractivity contribution >= 4 is 22.9 Å². The van der Waals surface area contributed by atoms with Crippen LogP contribution < -0.4 is 26.0 Å². The van der Waals surface area contributed by atoms with Crippen molar-refractivity contribution < 1.29 is 14.3 Å². The highest BCUT2D eigenvalue weighted by molar-refractivity contribution is 6.24. The number of nitrogens with two attached hydrogens (primary N) is 1. The highest BCUT2D eigenvalue weighted by Gasteiger charge is 2.41. The lowest BCUT2D eigenvalue weighted by molar-refractivity contribution is -0.111. The van der Waals surface area contributed by atoms with Crippen LogP contribution in [-0.4, -0.2) is 60.9 Å². The van der Waals surface area contributed by atoms with Crippen LogP contribution in [0.3, 0.4) is 0 Å². The Balaban J connectivity index is 1.47. The molecule has 1 aromatic heterocycles. The zero-order valence-corrected chi connectivity index (χ0v) is 18.0. The number of anilines is 2. The number of nitrogens with one attached hydrogen (secondary N) is 2.